The first-order valence-corrected chi connectivity index (χ1v) is 9.63. The van der Waals surface area contributed by atoms with E-state index in [-0.39, 0.29) is 12.0 Å². The summed E-state index contributed by atoms with van der Waals surface area (Å²) in [6.07, 6.45) is -6.40. The Morgan fingerprint density at radius 2 is 1.50 bits per heavy atom. The fourth-order valence-electron chi connectivity index (χ4n) is 4.07. The maximum absolute atomic E-state index is 10.2. The lowest BCUT2D eigenvalue weighted by molar-refractivity contribution is -0.325. The minimum atomic E-state index is -1.55. The molecule has 0 unspecified atom stereocenters. The van der Waals surface area contributed by atoms with Gasteiger partial charge in [0, 0.05) is 5.56 Å². The topological polar surface area (TPSA) is 180 Å². The molecule has 0 bridgehead atoms. The van der Waals surface area contributed by atoms with Crippen molar-refractivity contribution >= 4 is 0 Å². The van der Waals surface area contributed by atoms with Crippen LogP contribution in [0.25, 0.3) is 0 Å². The van der Waals surface area contributed by atoms with Crippen molar-refractivity contribution in [2.75, 3.05) is 6.61 Å². The molecule has 1 aliphatic heterocycles. The van der Waals surface area contributed by atoms with E-state index in [4.69, 9.17) is 9.47 Å². The van der Waals surface area contributed by atoms with Crippen LogP contribution in [0.3, 0.4) is 0 Å². The Labute approximate surface area is 174 Å². The van der Waals surface area contributed by atoms with Crippen LogP contribution in [0.15, 0.2) is 6.07 Å². The molecular weight excluding hydrogens is 400 g/mol. The van der Waals surface area contributed by atoms with Gasteiger partial charge < -0.3 is 50.3 Å². The second-order valence-electron chi connectivity index (χ2n) is 9.19. The summed E-state index contributed by atoms with van der Waals surface area (Å²) in [4.78, 5) is 0. The van der Waals surface area contributed by atoms with Crippen molar-refractivity contribution in [3.63, 3.8) is 0 Å². The predicted octanol–water partition coefficient (Wildman–Crippen LogP) is 0.0629. The molecule has 30 heavy (non-hydrogen) atoms. The monoisotopic (exact) mass is 432 g/mol. The molecule has 0 aliphatic carbocycles. The van der Waals surface area contributed by atoms with Crippen LogP contribution in [0.4, 0.5) is 0 Å². The van der Waals surface area contributed by atoms with Gasteiger partial charge in [-0.25, -0.2) is 0 Å². The van der Waals surface area contributed by atoms with Gasteiger partial charge in [0.25, 0.3) is 0 Å². The SMILES string of the molecule is CC(C)(Cc1cc(O)c(O)c(O)c1O)CC(C)(C)O[C@@H]1O[C@H](CO)[C@@H](O)[C@H](O)[C@H]1O. The number of hydrogen-bond acceptors (Lipinski definition) is 10. The zero-order valence-corrected chi connectivity index (χ0v) is 17.5. The summed E-state index contributed by atoms with van der Waals surface area (Å²) in [5.41, 5.74) is -1.27. The molecule has 172 valence electrons. The van der Waals surface area contributed by atoms with Crippen molar-refractivity contribution in [3.05, 3.63) is 11.6 Å². The van der Waals surface area contributed by atoms with Gasteiger partial charge in [-0.2, -0.15) is 0 Å². The molecule has 1 aromatic carbocycles. The maximum atomic E-state index is 10.2. The summed E-state index contributed by atoms with van der Waals surface area (Å²) in [6.45, 7) is 6.59. The summed E-state index contributed by atoms with van der Waals surface area (Å²) in [7, 11) is 0. The first kappa shape index (κ1) is 24.4. The van der Waals surface area contributed by atoms with Crippen LogP contribution >= 0.6 is 0 Å². The average Bonchev–Trinajstić information content (AvgIpc) is 2.63. The first-order valence-electron chi connectivity index (χ1n) is 9.63. The van der Waals surface area contributed by atoms with Gasteiger partial charge in [-0.15, -0.1) is 0 Å². The molecule has 2 rings (SSSR count). The van der Waals surface area contributed by atoms with E-state index in [1.807, 2.05) is 13.8 Å². The normalized spacial score (nSPS) is 27.9. The number of phenolic OH excluding ortho intramolecular Hbond substituents is 4. The van der Waals surface area contributed by atoms with E-state index >= 15 is 0 Å². The summed E-state index contributed by atoms with van der Waals surface area (Å²) in [5.74, 6) is -2.71. The molecule has 10 nitrogen and oxygen atoms in total. The fourth-order valence-corrected chi connectivity index (χ4v) is 4.07. The third-order valence-electron chi connectivity index (χ3n) is 5.16. The first-order chi connectivity index (χ1) is 13.7. The molecule has 0 spiro atoms. The smallest absolute Gasteiger partial charge is 0.204 e. The van der Waals surface area contributed by atoms with Gasteiger partial charge in [0.05, 0.1) is 12.2 Å². The predicted molar refractivity (Wildman–Crippen MR) is 104 cm³/mol. The van der Waals surface area contributed by atoms with Crippen molar-refractivity contribution in [3.8, 4) is 23.0 Å². The largest absolute Gasteiger partial charge is 0.504 e. The average molecular weight is 432 g/mol. The van der Waals surface area contributed by atoms with Gasteiger partial charge in [0.1, 0.15) is 24.4 Å². The van der Waals surface area contributed by atoms with Crippen LogP contribution in [-0.4, -0.2) is 83.8 Å². The highest BCUT2D eigenvalue weighted by Gasteiger charge is 2.46. The molecule has 10 heteroatoms. The highest BCUT2D eigenvalue weighted by molar-refractivity contribution is 5.60. The van der Waals surface area contributed by atoms with Crippen LogP contribution in [0.5, 0.6) is 23.0 Å². The van der Waals surface area contributed by atoms with Gasteiger partial charge in [0.15, 0.2) is 17.8 Å². The van der Waals surface area contributed by atoms with Crippen LogP contribution in [0, 0.1) is 5.41 Å². The highest BCUT2D eigenvalue weighted by atomic mass is 16.7. The summed E-state index contributed by atoms with van der Waals surface area (Å²) in [5, 5.41) is 78.4. The van der Waals surface area contributed by atoms with Gasteiger partial charge >= 0.3 is 0 Å². The lowest BCUT2D eigenvalue weighted by atomic mass is 9.77. The van der Waals surface area contributed by atoms with E-state index in [1.54, 1.807) is 13.8 Å². The number of aliphatic hydroxyl groups is 4. The lowest BCUT2D eigenvalue weighted by Crippen LogP contribution is -2.60. The Morgan fingerprint density at radius 1 is 0.900 bits per heavy atom. The Hall–Kier alpha value is -1.82. The van der Waals surface area contributed by atoms with E-state index in [0.29, 0.717) is 6.42 Å². The molecule has 0 saturated carbocycles. The van der Waals surface area contributed by atoms with Crippen LogP contribution in [0.2, 0.25) is 0 Å². The minimum Gasteiger partial charge on any atom is -0.504 e. The highest BCUT2D eigenvalue weighted by Crippen LogP contribution is 2.46. The van der Waals surface area contributed by atoms with Crippen molar-refractivity contribution in [2.45, 2.75) is 76.8 Å². The molecule has 0 amide bonds. The van der Waals surface area contributed by atoms with Crippen molar-refractivity contribution in [1.82, 2.24) is 0 Å². The Bertz CT molecular complexity index is 746. The van der Waals surface area contributed by atoms with Crippen LogP contribution < -0.4 is 0 Å². The molecule has 1 aromatic rings. The third-order valence-corrected chi connectivity index (χ3v) is 5.16. The Kier molecular flexibility index (Phi) is 7.12. The van der Waals surface area contributed by atoms with Crippen LogP contribution in [-0.2, 0) is 15.9 Å². The van der Waals surface area contributed by atoms with E-state index < -0.39 is 71.3 Å². The number of aliphatic hydroxyl groups excluding tert-OH is 4. The summed E-state index contributed by atoms with van der Waals surface area (Å²) >= 11 is 0. The molecule has 0 radical (unpaired) electrons. The van der Waals surface area contributed by atoms with Crippen LogP contribution in [0.1, 0.15) is 39.7 Å². The number of rotatable bonds is 7. The van der Waals surface area contributed by atoms with Gasteiger partial charge in [0.2, 0.25) is 11.5 Å². The summed E-state index contributed by atoms with van der Waals surface area (Å²) < 4.78 is 11.3. The lowest BCUT2D eigenvalue weighted by Gasteiger charge is -2.44. The zero-order valence-electron chi connectivity index (χ0n) is 17.5. The Morgan fingerprint density at radius 3 is 2.07 bits per heavy atom. The van der Waals surface area contributed by atoms with Gasteiger partial charge in [-0.3, -0.25) is 0 Å². The molecule has 8 N–H and O–H groups in total. The number of benzene rings is 1. The second-order valence-corrected chi connectivity index (χ2v) is 9.19. The standard InChI is InChI=1S/C20H32O10/c1-19(2,6-9-5-10(22)13(24)15(26)12(9)23)8-20(3,4)30-18-17(28)16(27)14(25)11(7-21)29-18/h5,11,14,16-18,21-28H,6-8H2,1-4H3/t11-,14-,16+,17-,18+/m1/s1. The van der Waals surface area contributed by atoms with Crippen molar-refractivity contribution in [2.24, 2.45) is 5.41 Å². The van der Waals surface area contributed by atoms with E-state index in [9.17, 15) is 40.9 Å². The quantitative estimate of drug-likeness (QED) is 0.217. The number of ether oxygens (including phenoxy) is 2. The second kappa shape index (κ2) is 8.74. The third kappa shape index (κ3) is 5.26. The number of phenols is 4. The minimum absolute atomic E-state index is 0.196. The maximum Gasteiger partial charge on any atom is 0.204 e. The number of hydrogen-bond donors (Lipinski definition) is 8. The molecule has 1 saturated heterocycles. The molecule has 1 heterocycles. The van der Waals surface area contributed by atoms with Gasteiger partial charge in [-0.05, 0) is 38.2 Å². The summed E-state index contributed by atoms with van der Waals surface area (Å²) in [6, 6.07) is 1.16. The van der Waals surface area contributed by atoms with Crippen molar-refractivity contribution < 1.29 is 50.3 Å². The molecule has 1 fully saturated rings. The number of aromatic hydroxyl groups is 4. The van der Waals surface area contributed by atoms with Crippen molar-refractivity contribution in [1.29, 1.82) is 0 Å². The molecular formula is C20H32O10. The molecule has 1 aliphatic rings. The Balaban J connectivity index is 2.13. The van der Waals surface area contributed by atoms with Gasteiger partial charge in [-0.1, -0.05) is 13.8 Å². The zero-order chi connectivity index (χ0) is 23.0. The molecule has 0 aromatic heterocycles. The fraction of sp³-hybridized carbons (Fsp3) is 0.700. The molecule has 5 atom stereocenters. The van der Waals surface area contributed by atoms with E-state index in [1.165, 1.54) is 0 Å². The van der Waals surface area contributed by atoms with E-state index in [0.717, 1.165) is 6.07 Å². The van der Waals surface area contributed by atoms with E-state index in [2.05, 4.69) is 0 Å².